The van der Waals surface area contributed by atoms with Gasteiger partial charge in [-0.1, -0.05) is 25.7 Å². The van der Waals surface area contributed by atoms with Gasteiger partial charge in [-0.05, 0) is 37.2 Å². The molecular formula is C13H25NOS. The minimum absolute atomic E-state index is 0.405. The maximum absolute atomic E-state index is 10.4. The van der Waals surface area contributed by atoms with Gasteiger partial charge < -0.3 is 10.4 Å². The number of aliphatic hydroxyl groups is 1. The molecule has 1 heterocycles. The predicted molar refractivity (Wildman–Crippen MR) is 71.0 cm³/mol. The molecule has 0 amide bonds. The van der Waals surface area contributed by atoms with Gasteiger partial charge in [-0.2, -0.15) is 11.8 Å². The van der Waals surface area contributed by atoms with Crippen molar-refractivity contribution in [1.29, 1.82) is 0 Å². The first-order chi connectivity index (χ1) is 7.79. The number of hydrogen-bond donors (Lipinski definition) is 2. The Bertz CT molecular complexity index is 196. The minimum Gasteiger partial charge on any atom is -0.389 e. The van der Waals surface area contributed by atoms with Gasteiger partial charge in [0.25, 0.3) is 0 Å². The molecule has 0 atom stereocenters. The SMILES string of the molecule is OC1(CNC2CCCCCC2)CCSCC1. The fourth-order valence-electron chi connectivity index (χ4n) is 2.75. The van der Waals surface area contributed by atoms with Gasteiger partial charge in [0.05, 0.1) is 5.60 Å². The van der Waals surface area contributed by atoms with Gasteiger partial charge in [0.1, 0.15) is 0 Å². The maximum atomic E-state index is 10.4. The van der Waals surface area contributed by atoms with Crippen LogP contribution < -0.4 is 5.32 Å². The molecule has 1 saturated carbocycles. The maximum Gasteiger partial charge on any atom is 0.0787 e. The Labute approximate surface area is 104 Å². The molecule has 1 aliphatic carbocycles. The summed E-state index contributed by atoms with van der Waals surface area (Å²) in [5.41, 5.74) is -0.405. The van der Waals surface area contributed by atoms with E-state index in [9.17, 15) is 5.11 Å². The highest BCUT2D eigenvalue weighted by Crippen LogP contribution is 2.27. The van der Waals surface area contributed by atoms with Crippen molar-refractivity contribution in [3.63, 3.8) is 0 Å². The standard InChI is InChI=1S/C13H25NOS/c15-13(7-9-16-10-8-13)11-14-12-5-3-1-2-4-6-12/h12,14-15H,1-11H2. The second-order valence-electron chi connectivity index (χ2n) is 5.41. The molecule has 2 rings (SSSR count). The number of rotatable bonds is 3. The average molecular weight is 243 g/mol. The van der Waals surface area contributed by atoms with Crippen molar-refractivity contribution in [2.75, 3.05) is 18.1 Å². The summed E-state index contributed by atoms with van der Waals surface area (Å²) >= 11 is 1.97. The van der Waals surface area contributed by atoms with Gasteiger partial charge in [-0.25, -0.2) is 0 Å². The van der Waals surface area contributed by atoms with Crippen molar-refractivity contribution in [3.8, 4) is 0 Å². The molecule has 2 nitrogen and oxygen atoms in total. The summed E-state index contributed by atoms with van der Waals surface area (Å²) in [5, 5.41) is 14.0. The zero-order valence-corrected chi connectivity index (χ0v) is 11.0. The van der Waals surface area contributed by atoms with Gasteiger partial charge in [-0.15, -0.1) is 0 Å². The topological polar surface area (TPSA) is 32.3 Å². The molecule has 94 valence electrons. The summed E-state index contributed by atoms with van der Waals surface area (Å²) < 4.78 is 0. The number of hydrogen-bond acceptors (Lipinski definition) is 3. The molecule has 3 heteroatoms. The lowest BCUT2D eigenvalue weighted by Gasteiger charge is -2.33. The summed E-state index contributed by atoms with van der Waals surface area (Å²) in [5.74, 6) is 2.26. The molecule has 0 aromatic carbocycles. The first kappa shape index (κ1) is 12.7. The number of nitrogens with one attached hydrogen (secondary N) is 1. The lowest BCUT2D eigenvalue weighted by Crippen LogP contribution is -2.46. The summed E-state index contributed by atoms with van der Waals surface area (Å²) in [7, 11) is 0. The van der Waals surface area contributed by atoms with Crippen LogP contribution >= 0.6 is 11.8 Å². The first-order valence-corrected chi connectivity index (χ1v) is 7.98. The van der Waals surface area contributed by atoms with Crippen molar-refractivity contribution in [2.45, 2.75) is 63.0 Å². The Morgan fingerprint density at radius 1 is 1.06 bits per heavy atom. The van der Waals surface area contributed by atoms with Crippen LogP contribution in [0.25, 0.3) is 0 Å². The van der Waals surface area contributed by atoms with Crippen molar-refractivity contribution in [2.24, 2.45) is 0 Å². The second-order valence-corrected chi connectivity index (χ2v) is 6.63. The zero-order valence-electron chi connectivity index (χ0n) is 10.2. The molecule has 1 aliphatic heterocycles. The van der Waals surface area contributed by atoms with E-state index in [2.05, 4.69) is 5.32 Å². The fourth-order valence-corrected chi connectivity index (χ4v) is 4.00. The fraction of sp³-hybridized carbons (Fsp3) is 1.00. The van der Waals surface area contributed by atoms with Gasteiger partial charge >= 0.3 is 0 Å². The lowest BCUT2D eigenvalue weighted by atomic mass is 9.96. The molecule has 0 bridgehead atoms. The molecule has 0 unspecified atom stereocenters. The summed E-state index contributed by atoms with van der Waals surface area (Å²) in [6.07, 6.45) is 10.1. The zero-order chi connectivity index (χ0) is 11.3. The van der Waals surface area contributed by atoms with E-state index in [1.165, 1.54) is 38.5 Å². The third-order valence-electron chi connectivity index (χ3n) is 4.00. The largest absolute Gasteiger partial charge is 0.389 e. The van der Waals surface area contributed by atoms with E-state index in [0.29, 0.717) is 6.04 Å². The predicted octanol–water partition coefficient (Wildman–Crippen LogP) is 2.56. The van der Waals surface area contributed by atoms with Crippen LogP contribution in [0, 0.1) is 0 Å². The lowest BCUT2D eigenvalue weighted by molar-refractivity contribution is 0.0291. The molecule has 0 aromatic heterocycles. The highest BCUT2D eigenvalue weighted by atomic mass is 32.2. The Kier molecular flexibility index (Phi) is 4.98. The minimum atomic E-state index is -0.405. The van der Waals surface area contributed by atoms with Gasteiger partial charge in [0.15, 0.2) is 0 Å². The van der Waals surface area contributed by atoms with Crippen LogP contribution in [0.3, 0.4) is 0 Å². The molecule has 2 aliphatic rings. The highest BCUT2D eigenvalue weighted by Gasteiger charge is 2.29. The van der Waals surface area contributed by atoms with E-state index in [4.69, 9.17) is 0 Å². The molecule has 2 fully saturated rings. The van der Waals surface area contributed by atoms with Crippen molar-refractivity contribution in [1.82, 2.24) is 5.32 Å². The van der Waals surface area contributed by atoms with E-state index in [-0.39, 0.29) is 0 Å². The van der Waals surface area contributed by atoms with Gasteiger partial charge in [0, 0.05) is 12.6 Å². The molecule has 16 heavy (non-hydrogen) atoms. The van der Waals surface area contributed by atoms with E-state index in [1.807, 2.05) is 11.8 Å². The molecule has 0 aromatic rings. The smallest absolute Gasteiger partial charge is 0.0787 e. The Morgan fingerprint density at radius 3 is 2.31 bits per heavy atom. The van der Waals surface area contributed by atoms with Crippen LogP contribution in [0.15, 0.2) is 0 Å². The van der Waals surface area contributed by atoms with Crippen molar-refractivity contribution < 1.29 is 5.11 Å². The van der Waals surface area contributed by atoms with Crippen LogP contribution in [0.1, 0.15) is 51.4 Å². The molecule has 1 saturated heterocycles. The van der Waals surface area contributed by atoms with Crippen LogP contribution in [0.4, 0.5) is 0 Å². The second kappa shape index (κ2) is 6.27. The third-order valence-corrected chi connectivity index (χ3v) is 4.98. The van der Waals surface area contributed by atoms with Crippen LogP contribution in [0.5, 0.6) is 0 Å². The highest BCUT2D eigenvalue weighted by molar-refractivity contribution is 7.99. The summed E-state index contributed by atoms with van der Waals surface area (Å²) in [6.45, 7) is 0.818. The third kappa shape index (κ3) is 3.94. The monoisotopic (exact) mass is 243 g/mol. The van der Waals surface area contributed by atoms with Gasteiger partial charge in [-0.3, -0.25) is 0 Å². The molecule has 2 N–H and O–H groups in total. The van der Waals surface area contributed by atoms with Crippen molar-refractivity contribution in [3.05, 3.63) is 0 Å². The number of thioether (sulfide) groups is 1. The Balaban J connectivity index is 1.72. The van der Waals surface area contributed by atoms with E-state index in [0.717, 1.165) is 30.9 Å². The van der Waals surface area contributed by atoms with Crippen molar-refractivity contribution >= 4 is 11.8 Å². The van der Waals surface area contributed by atoms with E-state index in [1.54, 1.807) is 0 Å². The Hall–Kier alpha value is 0.270. The van der Waals surface area contributed by atoms with Crippen LogP contribution in [-0.2, 0) is 0 Å². The quantitative estimate of drug-likeness (QED) is 0.747. The van der Waals surface area contributed by atoms with Crippen LogP contribution in [-0.4, -0.2) is 34.8 Å². The van der Waals surface area contributed by atoms with Gasteiger partial charge in [0.2, 0.25) is 0 Å². The molecule has 0 radical (unpaired) electrons. The first-order valence-electron chi connectivity index (χ1n) is 6.82. The van der Waals surface area contributed by atoms with E-state index >= 15 is 0 Å². The Morgan fingerprint density at radius 2 is 1.69 bits per heavy atom. The normalized spacial score (nSPS) is 27.6. The van der Waals surface area contributed by atoms with Crippen LogP contribution in [0.2, 0.25) is 0 Å². The summed E-state index contributed by atoms with van der Waals surface area (Å²) in [4.78, 5) is 0. The average Bonchev–Trinajstić information content (AvgIpc) is 2.56. The molecular weight excluding hydrogens is 218 g/mol. The van der Waals surface area contributed by atoms with E-state index < -0.39 is 5.60 Å². The summed E-state index contributed by atoms with van der Waals surface area (Å²) in [6, 6.07) is 0.668. The molecule has 0 spiro atoms.